The summed E-state index contributed by atoms with van der Waals surface area (Å²) in [6.07, 6.45) is 5.35. The average molecular weight is 396 g/mol. The first-order valence-electron chi connectivity index (χ1n) is 9.96. The molecule has 1 fully saturated rings. The van der Waals surface area contributed by atoms with Gasteiger partial charge in [-0.2, -0.15) is 11.3 Å². The van der Waals surface area contributed by atoms with Gasteiger partial charge in [0.1, 0.15) is 5.75 Å². The summed E-state index contributed by atoms with van der Waals surface area (Å²) in [7, 11) is 0. The molecular weight excluding hydrogens is 370 g/mol. The maximum Gasteiger partial charge on any atom is 0.336 e. The first-order valence-corrected chi connectivity index (χ1v) is 10.9. The SMILES string of the molecule is CCc1ccc(O[C@H]2CCC[C@H](C)C2)c2c(C(=O)O)cc(-c3ccsc3)nc12. The van der Waals surface area contributed by atoms with Crippen LogP contribution >= 0.6 is 11.3 Å². The number of hydrogen-bond donors (Lipinski definition) is 1. The molecule has 1 N–H and O–H groups in total. The molecule has 5 heteroatoms. The molecule has 2 aromatic heterocycles. The van der Waals surface area contributed by atoms with Gasteiger partial charge < -0.3 is 9.84 Å². The highest BCUT2D eigenvalue weighted by Crippen LogP contribution is 2.36. The molecule has 1 aliphatic rings. The summed E-state index contributed by atoms with van der Waals surface area (Å²) in [5, 5.41) is 14.6. The third kappa shape index (κ3) is 3.63. The Labute approximate surface area is 169 Å². The van der Waals surface area contributed by atoms with Crippen LogP contribution in [0.3, 0.4) is 0 Å². The molecule has 0 bridgehead atoms. The van der Waals surface area contributed by atoms with E-state index >= 15 is 0 Å². The summed E-state index contributed by atoms with van der Waals surface area (Å²) >= 11 is 1.58. The van der Waals surface area contributed by atoms with Crippen LogP contribution in [0.5, 0.6) is 5.75 Å². The maximum atomic E-state index is 12.2. The summed E-state index contributed by atoms with van der Waals surface area (Å²) in [5.41, 5.74) is 3.69. The van der Waals surface area contributed by atoms with Crippen LogP contribution in [-0.2, 0) is 6.42 Å². The molecule has 1 aliphatic carbocycles. The van der Waals surface area contributed by atoms with Crippen molar-refractivity contribution in [3.05, 3.63) is 46.2 Å². The van der Waals surface area contributed by atoms with Crippen molar-refractivity contribution in [1.82, 2.24) is 4.98 Å². The molecular formula is C23H25NO3S. The number of fused-ring (bicyclic) bond motifs is 1. The van der Waals surface area contributed by atoms with Crippen molar-refractivity contribution in [2.75, 3.05) is 0 Å². The van der Waals surface area contributed by atoms with Crippen LogP contribution < -0.4 is 4.74 Å². The van der Waals surface area contributed by atoms with Crippen molar-refractivity contribution >= 4 is 28.2 Å². The molecule has 146 valence electrons. The van der Waals surface area contributed by atoms with Gasteiger partial charge in [-0.05, 0) is 60.7 Å². The van der Waals surface area contributed by atoms with Crippen molar-refractivity contribution in [3.8, 4) is 17.0 Å². The number of aryl methyl sites for hydroxylation is 1. The zero-order valence-electron chi connectivity index (χ0n) is 16.3. The molecule has 28 heavy (non-hydrogen) atoms. The number of ether oxygens (including phenoxy) is 1. The minimum Gasteiger partial charge on any atom is -0.490 e. The molecule has 4 nitrogen and oxygen atoms in total. The first-order chi connectivity index (χ1) is 13.6. The monoisotopic (exact) mass is 395 g/mol. The summed E-state index contributed by atoms with van der Waals surface area (Å²) in [6, 6.07) is 7.61. The highest BCUT2D eigenvalue weighted by molar-refractivity contribution is 7.08. The Morgan fingerprint density at radius 2 is 2.18 bits per heavy atom. The summed E-state index contributed by atoms with van der Waals surface area (Å²) < 4.78 is 6.36. The van der Waals surface area contributed by atoms with E-state index in [1.165, 1.54) is 6.42 Å². The van der Waals surface area contributed by atoms with Crippen LogP contribution in [0, 0.1) is 5.92 Å². The van der Waals surface area contributed by atoms with Gasteiger partial charge in [0.2, 0.25) is 0 Å². The van der Waals surface area contributed by atoms with E-state index < -0.39 is 5.97 Å². The zero-order chi connectivity index (χ0) is 19.7. The van der Waals surface area contributed by atoms with Crippen molar-refractivity contribution < 1.29 is 14.6 Å². The molecule has 0 saturated heterocycles. The summed E-state index contributed by atoms with van der Waals surface area (Å²) in [6.45, 7) is 4.32. The predicted octanol–water partition coefficient (Wildman–Crippen LogP) is 6.18. The average Bonchev–Trinajstić information content (AvgIpc) is 3.22. The highest BCUT2D eigenvalue weighted by Gasteiger charge is 2.24. The number of carboxylic acid groups (broad SMARTS) is 1. The largest absolute Gasteiger partial charge is 0.490 e. The topological polar surface area (TPSA) is 59.4 Å². The molecule has 0 spiro atoms. The van der Waals surface area contributed by atoms with E-state index in [0.29, 0.717) is 22.7 Å². The number of aromatic nitrogens is 1. The van der Waals surface area contributed by atoms with E-state index in [-0.39, 0.29) is 11.7 Å². The van der Waals surface area contributed by atoms with E-state index in [0.717, 1.165) is 42.3 Å². The van der Waals surface area contributed by atoms with Gasteiger partial charge in [0.25, 0.3) is 0 Å². The van der Waals surface area contributed by atoms with E-state index in [4.69, 9.17) is 9.72 Å². The normalized spacial score (nSPS) is 19.6. The zero-order valence-corrected chi connectivity index (χ0v) is 17.1. The van der Waals surface area contributed by atoms with Gasteiger partial charge in [0.15, 0.2) is 0 Å². The number of benzene rings is 1. The first kappa shape index (κ1) is 18.9. The molecule has 0 aliphatic heterocycles. The van der Waals surface area contributed by atoms with Gasteiger partial charge in [-0.3, -0.25) is 0 Å². The van der Waals surface area contributed by atoms with Crippen molar-refractivity contribution in [2.45, 2.75) is 52.1 Å². The predicted molar refractivity (Wildman–Crippen MR) is 113 cm³/mol. The molecule has 0 amide bonds. The maximum absolute atomic E-state index is 12.2. The Kier molecular flexibility index (Phi) is 5.36. The van der Waals surface area contributed by atoms with Gasteiger partial charge >= 0.3 is 5.97 Å². The van der Waals surface area contributed by atoms with Gasteiger partial charge in [-0.1, -0.05) is 26.3 Å². The number of thiophene rings is 1. The second kappa shape index (κ2) is 7.92. The fourth-order valence-electron chi connectivity index (χ4n) is 4.14. The van der Waals surface area contributed by atoms with Crippen molar-refractivity contribution in [1.29, 1.82) is 0 Å². The molecule has 1 saturated carbocycles. The minimum absolute atomic E-state index is 0.137. The lowest BCUT2D eigenvalue weighted by atomic mass is 9.88. The Bertz CT molecular complexity index is 997. The van der Waals surface area contributed by atoms with Gasteiger partial charge in [-0.15, -0.1) is 0 Å². The molecule has 2 heterocycles. The fourth-order valence-corrected chi connectivity index (χ4v) is 4.79. The second-order valence-corrected chi connectivity index (χ2v) is 8.46. The lowest BCUT2D eigenvalue weighted by Gasteiger charge is -2.28. The Balaban J connectivity index is 1.88. The Hall–Kier alpha value is -2.40. The van der Waals surface area contributed by atoms with Crippen LogP contribution in [0.2, 0.25) is 0 Å². The van der Waals surface area contributed by atoms with Crippen molar-refractivity contribution in [3.63, 3.8) is 0 Å². The number of pyridine rings is 1. The molecule has 2 atom stereocenters. The summed E-state index contributed by atoms with van der Waals surface area (Å²) in [5.74, 6) is 0.342. The number of carboxylic acids is 1. The number of carbonyl (C=O) groups is 1. The quantitative estimate of drug-likeness (QED) is 0.560. The lowest BCUT2D eigenvalue weighted by Crippen LogP contribution is -2.24. The summed E-state index contributed by atoms with van der Waals surface area (Å²) in [4.78, 5) is 17.0. The van der Waals surface area contributed by atoms with E-state index in [1.807, 2.05) is 29.0 Å². The molecule has 1 aromatic carbocycles. The molecule has 0 radical (unpaired) electrons. The van der Waals surface area contributed by atoms with Crippen molar-refractivity contribution in [2.24, 2.45) is 5.92 Å². The van der Waals surface area contributed by atoms with E-state index in [9.17, 15) is 9.90 Å². The minimum atomic E-state index is -0.945. The molecule has 3 aromatic rings. The van der Waals surface area contributed by atoms with Crippen LogP contribution in [-0.4, -0.2) is 22.2 Å². The number of hydrogen-bond acceptors (Lipinski definition) is 4. The molecule has 4 rings (SSSR count). The Morgan fingerprint density at radius 1 is 1.32 bits per heavy atom. The van der Waals surface area contributed by atoms with Crippen LogP contribution in [0.4, 0.5) is 0 Å². The van der Waals surface area contributed by atoms with Crippen LogP contribution in [0.15, 0.2) is 35.0 Å². The second-order valence-electron chi connectivity index (χ2n) is 7.68. The third-order valence-corrected chi connectivity index (χ3v) is 6.30. The van der Waals surface area contributed by atoms with E-state index in [2.05, 4.69) is 13.8 Å². The fraction of sp³-hybridized carbons (Fsp3) is 0.391. The van der Waals surface area contributed by atoms with Crippen LogP contribution in [0.25, 0.3) is 22.2 Å². The number of rotatable bonds is 5. The van der Waals surface area contributed by atoms with Crippen LogP contribution in [0.1, 0.15) is 55.5 Å². The standard InChI is InChI=1S/C23H25NO3S/c1-3-15-7-8-20(27-17-6-4-5-14(2)11-17)21-18(23(25)26)12-19(24-22(15)21)16-9-10-28-13-16/h7-10,12-14,17H,3-6,11H2,1-2H3,(H,25,26)/t14-,17-/m0/s1. The number of nitrogens with zero attached hydrogens (tertiary/aromatic N) is 1. The lowest BCUT2D eigenvalue weighted by molar-refractivity contribution is 0.0698. The van der Waals surface area contributed by atoms with Gasteiger partial charge in [0, 0.05) is 10.9 Å². The van der Waals surface area contributed by atoms with Gasteiger partial charge in [0.05, 0.1) is 28.3 Å². The highest BCUT2D eigenvalue weighted by atomic mass is 32.1. The van der Waals surface area contributed by atoms with Gasteiger partial charge in [-0.25, -0.2) is 9.78 Å². The molecule has 0 unspecified atom stereocenters. The van der Waals surface area contributed by atoms with E-state index in [1.54, 1.807) is 17.4 Å². The smallest absolute Gasteiger partial charge is 0.336 e. The third-order valence-electron chi connectivity index (χ3n) is 5.62. The number of aromatic carboxylic acids is 1. The Morgan fingerprint density at radius 3 is 2.86 bits per heavy atom.